The van der Waals surface area contributed by atoms with Gasteiger partial charge < -0.3 is 5.11 Å². The van der Waals surface area contributed by atoms with Crippen molar-refractivity contribution in [2.45, 2.75) is 30.5 Å². The van der Waals surface area contributed by atoms with Gasteiger partial charge in [-0.25, -0.2) is 4.98 Å². The highest BCUT2D eigenvalue weighted by Crippen LogP contribution is 2.28. The van der Waals surface area contributed by atoms with E-state index in [0.29, 0.717) is 17.0 Å². The Morgan fingerprint density at radius 3 is 2.76 bits per heavy atom. The predicted molar refractivity (Wildman–Crippen MR) is 63.2 cm³/mol. The predicted octanol–water partition coefficient (Wildman–Crippen LogP) is 2.25. The summed E-state index contributed by atoms with van der Waals surface area (Å²) in [4.78, 5) is 24.8. The lowest BCUT2D eigenvalue weighted by molar-refractivity contribution is -0.385. The minimum atomic E-state index is -0.906. The number of rotatable bonds is 5. The van der Waals surface area contributed by atoms with Gasteiger partial charge in [0, 0.05) is 6.07 Å². The smallest absolute Gasteiger partial charge is 0.317 e. The Balaban J connectivity index is 2.93. The van der Waals surface area contributed by atoms with E-state index >= 15 is 0 Å². The minimum Gasteiger partial charge on any atom is -0.480 e. The van der Waals surface area contributed by atoms with Crippen molar-refractivity contribution in [2.75, 3.05) is 0 Å². The maximum Gasteiger partial charge on any atom is 0.317 e. The van der Waals surface area contributed by atoms with E-state index in [1.165, 1.54) is 6.07 Å². The molecule has 0 aliphatic rings. The molecule has 0 spiro atoms. The zero-order chi connectivity index (χ0) is 13.0. The third-order valence-electron chi connectivity index (χ3n) is 2.13. The molecule has 0 saturated heterocycles. The van der Waals surface area contributed by atoms with Gasteiger partial charge in [-0.1, -0.05) is 18.7 Å². The van der Waals surface area contributed by atoms with Crippen LogP contribution >= 0.6 is 11.8 Å². The number of carboxylic acids is 1. The van der Waals surface area contributed by atoms with Gasteiger partial charge in [0.15, 0.2) is 0 Å². The highest BCUT2D eigenvalue weighted by atomic mass is 32.2. The molecular formula is C10H12N2O4S. The van der Waals surface area contributed by atoms with Crippen molar-refractivity contribution in [1.29, 1.82) is 0 Å². The number of thioether (sulfide) groups is 1. The number of aryl methyl sites for hydroxylation is 1. The zero-order valence-electron chi connectivity index (χ0n) is 9.41. The van der Waals surface area contributed by atoms with Gasteiger partial charge in [0.1, 0.15) is 16.5 Å². The summed E-state index contributed by atoms with van der Waals surface area (Å²) in [6.45, 7) is 3.45. The summed E-state index contributed by atoms with van der Waals surface area (Å²) >= 11 is 1.11. The Labute approximate surface area is 102 Å². The second kappa shape index (κ2) is 5.62. The second-order valence-electron chi connectivity index (χ2n) is 3.43. The molecule has 0 saturated carbocycles. The molecule has 17 heavy (non-hydrogen) atoms. The fourth-order valence-corrected chi connectivity index (χ4v) is 2.11. The number of nitro groups is 1. The Morgan fingerprint density at radius 2 is 2.35 bits per heavy atom. The lowest BCUT2D eigenvalue weighted by Crippen LogP contribution is -2.15. The molecule has 0 aromatic carbocycles. The molecule has 1 atom stereocenters. The third kappa shape index (κ3) is 3.42. The molecule has 1 N–H and O–H groups in total. The van der Waals surface area contributed by atoms with Gasteiger partial charge in [-0.2, -0.15) is 0 Å². The van der Waals surface area contributed by atoms with Crippen LogP contribution in [-0.2, 0) is 4.79 Å². The molecule has 0 aliphatic carbocycles. The van der Waals surface area contributed by atoms with E-state index in [2.05, 4.69) is 4.98 Å². The summed E-state index contributed by atoms with van der Waals surface area (Å²) in [6.07, 6.45) is 1.61. The normalized spacial score (nSPS) is 12.1. The molecule has 0 fully saturated rings. The molecular weight excluding hydrogens is 244 g/mol. The summed E-state index contributed by atoms with van der Waals surface area (Å²) < 4.78 is 0. The Kier molecular flexibility index (Phi) is 4.45. The molecule has 1 aromatic rings. The van der Waals surface area contributed by atoms with Gasteiger partial charge in [0.2, 0.25) is 0 Å². The van der Waals surface area contributed by atoms with Gasteiger partial charge in [-0.05, 0) is 18.9 Å². The number of hydrogen-bond acceptors (Lipinski definition) is 5. The maximum atomic E-state index is 10.9. The molecule has 0 amide bonds. The van der Waals surface area contributed by atoms with Crippen molar-refractivity contribution in [3.63, 3.8) is 0 Å². The first-order chi connectivity index (χ1) is 7.95. The van der Waals surface area contributed by atoms with Gasteiger partial charge in [0.25, 0.3) is 5.69 Å². The van der Waals surface area contributed by atoms with Crippen LogP contribution in [0.1, 0.15) is 18.9 Å². The largest absolute Gasteiger partial charge is 0.480 e. The van der Waals surface area contributed by atoms with E-state index in [4.69, 9.17) is 5.11 Å². The van der Waals surface area contributed by atoms with Crippen molar-refractivity contribution in [3.05, 3.63) is 27.9 Å². The molecule has 0 radical (unpaired) electrons. The van der Waals surface area contributed by atoms with Crippen molar-refractivity contribution in [1.82, 2.24) is 4.98 Å². The van der Waals surface area contributed by atoms with E-state index in [1.54, 1.807) is 13.8 Å². The van der Waals surface area contributed by atoms with E-state index in [0.717, 1.165) is 18.0 Å². The van der Waals surface area contributed by atoms with Gasteiger partial charge in [0.05, 0.1) is 4.92 Å². The highest BCUT2D eigenvalue weighted by Gasteiger charge is 2.19. The Morgan fingerprint density at radius 1 is 1.71 bits per heavy atom. The first-order valence-corrected chi connectivity index (χ1v) is 5.84. The average Bonchev–Trinajstić information content (AvgIpc) is 2.26. The standard InChI is InChI=1S/C10H12N2O4S/c1-3-8(10(13)14)17-9-6(2)4-7(5-11-9)12(15)16/h4-5,8H,3H2,1-2H3,(H,13,14). The highest BCUT2D eigenvalue weighted by molar-refractivity contribution is 8.00. The van der Waals surface area contributed by atoms with Crippen LogP contribution in [0.3, 0.4) is 0 Å². The first kappa shape index (κ1) is 13.4. The summed E-state index contributed by atoms with van der Waals surface area (Å²) in [5.74, 6) is -0.906. The van der Waals surface area contributed by atoms with E-state index in [-0.39, 0.29) is 5.69 Å². The number of carboxylic acid groups (broad SMARTS) is 1. The summed E-state index contributed by atoms with van der Waals surface area (Å²) in [5, 5.41) is 19.4. The molecule has 1 unspecified atom stereocenters. The van der Waals surface area contributed by atoms with Crippen molar-refractivity contribution in [2.24, 2.45) is 0 Å². The number of hydrogen-bond donors (Lipinski definition) is 1. The molecule has 92 valence electrons. The van der Waals surface area contributed by atoms with Crippen LogP contribution in [0, 0.1) is 17.0 Å². The molecule has 1 rings (SSSR count). The van der Waals surface area contributed by atoms with Crippen LogP contribution in [0.4, 0.5) is 5.69 Å². The van der Waals surface area contributed by atoms with Gasteiger partial charge >= 0.3 is 5.97 Å². The number of aromatic nitrogens is 1. The van der Waals surface area contributed by atoms with Gasteiger partial charge in [-0.15, -0.1) is 0 Å². The first-order valence-electron chi connectivity index (χ1n) is 4.96. The molecule has 1 heterocycles. The molecule has 7 heteroatoms. The van der Waals surface area contributed by atoms with Crippen LogP contribution in [0.5, 0.6) is 0 Å². The van der Waals surface area contributed by atoms with E-state index in [9.17, 15) is 14.9 Å². The van der Waals surface area contributed by atoms with E-state index < -0.39 is 16.1 Å². The number of carbonyl (C=O) groups is 1. The SMILES string of the molecule is CCC(Sc1ncc([N+](=O)[O-])cc1C)C(=O)O. The van der Waals surface area contributed by atoms with Crippen LogP contribution in [0.15, 0.2) is 17.3 Å². The van der Waals surface area contributed by atoms with Crippen molar-refractivity contribution in [3.8, 4) is 0 Å². The molecule has 1 aromatic heterocycles. The topological polar surface area (TPSA) is 93.3 Å². The van der Waals surface area contributed by atoms with Crippen LogP contribution < -0.4 is 0 Å². The Hall–Kier alpha value is -1.63. The fourth-order valence-electron chi connectivity index (χ4n) is 1.21. The van der Waals surface area contributed by atoms with E-state index in [1.807, 2.05) is 0 Å². The molecule has 0 bridgehead atoms. The van der Waals surface area contributed by atoms with Crippen molar-refractivity contribution < 1.29 is 14.8 Å². The van der Waals surface area contributed by atoms with Crippen molar-refractivity contribution >= 4 is 23.4 Å². The Bertz CT molecular complexity index is 450. The molecule has 6 nitrogen and oxygen atoms in total. The summed E-state index contributed by atoms with van der Waals surface area (Å²) in [6, 6.07) is 1.39. The minimum absolute atomic E-state index is 0.0878. The molecule has 0 aliphatic heterocycles. The summed E-state index contributed by atoms with van der Waals surface area (Å²) in [7, 11) is 0. The third-order valence-corrected chi connectivity index (χ3v) is 3.60. The lowest BCUT2D eigenvalue weighted by atomic mass is 10.3. The van der Waals surface area contributed by atoms with Crippen LogP contribution in [0.2, 0.25) is 0 Å². The zero-order valence-corrected chi connectivity index (χ0v) is 10.2. The number of nitrogens with zero attached hydrogens (tertiary/aromatic N) is 2. The fraction of sp³-hybridized carbons (Fsp3) is 0.400. The van der Waals surface area contributed by atoms with Crippen LogP contribution in [0.25, 0.3) is 0 Å². The summed E-state index contributed by atoms with van der Waals surface area (Å²) in [5.41, 5.74) is 0.527. The monoisotopic (exact) mass is 256 g/mol. The maximum absolute atomic E-state index is 10.9. The average molecular weight is 256 g/mol. The lowest BCUT2D eigenvalue weighted by Gasteiger charge is -2.09. The number of aliphatic carboxylic acids is 1. The van der Waals surface area contributed by atoms with Gasteiger partial charge in [-0.3, -0.25) is 14.9 Å². The quantitative estimate of drug-likeness (QED) is 0.493. The second-order valence-corrected chi connectivity index (χ2v) is 4.62. The van der Waals surface area contributed by atoms with Crippen LogP contribution in [-0.4, -0.2) is 26.2 Å². The number of pyridine rings is 1.